The highest BCUT2D eigenvalue weighted by atomic mass is 32.1. The Bertz CT molecular complexity index is 1560. The molecule has 0 bridgehead atoms. The highest BCUT2D eigenvalue weighted by Crippen LogP contribution is 2.40. The molecule has 0 N–H and O–H groups in total. The number of azide groups is 1. The molecule has 14 heteroatoms. The maximum absolute atomic E-state index is 12.5. The number of fused-ring (bicyclic) bond motifs is 2. The molecule has 0 saturated carbocycles. The second-order valence-electron chi connectivity index (χ2n) is 12.1. The van der Waals surface area contributed by atoms with Gasteiger partial charge in [0.25, 0.3) is 0 Å². The summed E-state index contributed by atoms with van der Waals surface area (Å²) >= 11 is 1.68. The van der Waals surface area contributed by atoms with E-state index in [4.69, 9.17) is 48.4 Å². The van der Waals surface area contributed by atoms with Gasteiger partial charge in [-0.15, -0.1) is 11.3 Å². The maximum atomic E-state index is 12.5. The Labute approximate surface area is 303 Å². The van der Waals surface area contributed by atoms with Crippen molar-refractivity contribution in [2.24, 2.45) is 5.11 Å². The van der Waals surface area contributed by atoms with Crippen LogP contribution in [-0.4, -0.2) is 90.2 Å². The molecule has 0 radical (unpaired) electrons. The normalized spacial score (nSPS) is 14.6. The van der Waals surface area contributed by atoms with Crippen LogP contribution in [0.5, 0.6) is 23.1 Å². The topological polar surface area (TPSA) is 153 Å². The van der Waals surface area contributed by atoms with E-state index in [0.717, 1.165) is 66.7 Å². The van der Waals surface area contributed by atoms with Crippen LogP contribution in [-0.2, 0) is 36.6 Å². The fraction of sp³-hybridized carbons (Fsp3) is 0.568. The van der Waals surface area contributed by atoms with Crippen molar-refractivity contribution in [3.8, 4) is 33.7 Å². The van der Waals surface area contributed by atoms with Crippen molar-refractivity contribution in [3.05, 3.63) is 62.8 Å². The summed E-state index contributed by atoms with van der Waals surface area (Å²) < 4.78 is 45.5. The minimum atomic E-state index is -0.222. The number of ether oxygens (including phenoxy) is 8. The van der Waals surface area contributed by atoms with Crippen LogP contribution in [0.15, 0.2) is 41.5 Å². The van der Waals surface area contributed by atoms with Gasteiger partial charge in [-0.2, -0.15) is 0 Å². The van der Waals surface area contributed by atoms with Gasteiger partial charge in [-0.25, -0.2) is 4.98 Å². The molecule has 2 heterocycles. The standard InChI is InChI=1S/C37H48N4O9S/c1-2-13-47-33-25-29(37-40-36-34(51-37)5-3-14-50-36)8-11-32(33)48-16-4-15-46-30-9-10-31-27(24-30)6-7-28(31)26-35(42)49-23-22-45-21-20-44-19-18-43-17-12-39-41-38/h8-11,24-25,28H,2-7,12-23,26H2,1H3/t28-/m0/s1. The number of aryl methyl sites for hydroxylation is 2. The van der Waals surface area contributed by atoms with E-state index in [1.807, 2.05) is 24.3 Å². The third-order valence-electron chi connectivity index (χ3n) is 8.28. The molecule has 0 spiro atoms. The molecule has 1 aromatic heterocycles. The summed E-state index contributed by atoms with van der Waals surface area (Å²) in [5.41, 5.74) is 11.6. The molecule has 276 valence electrons. The lowest BCUT2D eigenvalue weighted by atomic mass is 9.98. The van der Waals surface area contributed by atoms with Gasteiger partial charge in [-0.3, -0.25) is 4.79 Å². The number of hydrogen-bond acceptors (Lipinski definition) is 12. The number of carbonyl (C=O) groups is 1. The Hall–Kier alpha value is -4.07. The Kier molecular flexibility index (Phi) is 16.0. The zero-order valence-corrected chi connectivity index (χ0v) is 30.2. The van der Waals surface area contributed by atoms with Crippen molar-refractivity contribution in [3.63, 3.8) is 0 Å². The number of hydrogen-bond donors (Lipinski definition) is 0. The highest BCUT2D eigenvalue weighted by Gasteiger charge is 2.26. The number of benzene rings is 2. The third-order valence-corrected chi connectivity index (χ3v) is 9.42. The van der Waals surface area contributed by atoms with E-state index in [9.17, 15) is 4.79 Å². The molecule has 2 aliphatic rings. The number of aromatic nitrogens is 1. The summed E-state index contributed by atoms with van der Waals surface area (Å²) in [7, 11) is 0. The van der Waals surface area contributed by atoms with E-state index in [1.165, 1.54) is 16.0 Å². The van der Waals surface area contributed by atoms with Crippen LogP contribution in [0, 0.1) is 0 Å². The van der Waals surface area contributed by atoms with E-state index in [2.05, 4.69) is 29.1 Å². The summed E-state index contributed by atoms with van der Waals surface area (Å²) in [6.45, 7) is 7.30. The molecular weight excluding hydrogens is 676 g/mol. The van der Waals surface area contributed by atoms with Crippen molar-refractivity contribution >= 4 is 17.3 Å². The first-order chi connectivity index (χ1) is 25.1. The van der Waals surface area contributed by atoms with Crippen molar-refractivity contribution in [1.82, 2.24) is 4.98 Å². The summed E-state index contributed by atoms with van der Waals surface area (Å²) in [4.78, 5) is 21.0. The van der Waals surface area contributed by atoms with Crippen molar-refractivity contribution in [2.75, 3.05) is 79.2 Å². The Morgan fingerprint density at radius 1 is 0.922 bits per heavy atom. The van der Waals surface area contributed by atoms with Crippen LogP contribution in [0.25, 0.3) is 21.0 Å². The molecule has 51 heavy (non-hydrogen) atoms. The van der Waals surface area contributed by atoms with Gasteiger partial charge < -0.3 is 37.9 Å². The number of thiazole rings is 1. The van der Waals surface area contributed by atoms with Gasteiger partial charge in [0, 0.05) is 23.4 Å². The van der Waals surface area contributed by atoms with Gasteiger partial charge in [0.1, 0.15) is 17.4 Å². The zero-order chi connectivity index (χ0) is 35.5. The average Bonchev–Trinajstić information content (AvgIpc) is 3.77. The van der Waals surface area contributed by atoms with Crippen LogP contribution in [0.1, 0.15) is 60.9 Å². The Morgan fingerprint density at radius 2 is 1.71 bits per heavy atom. The number of carbonyl (C=O) groups excluding carboxylic acids is 1. The summed E-state index contributed by atoms with van der Waals surface area (Å²) in [5, 5.41) is 4.32. The van der Waals surface area contributed by atoms with Crippen molar-refractivity contribution < 1.29 is 42.7 Å². The second kappa shape index (κ2) is 21.3. The molecule has 1 atom stereocenters. The van der Waals surface area contributed by atoms with Crippen LogP contribution in [0.2, 0.25) is 0 Å². The molecule has 0 saturated heterocycles. The van der Waals surface area contributed by atoms with Gasteiger partial charge in [-0.05, 0) is 85.0 Å². The molecule has 1 aliphatic carbocycles. The SMILES string of the molecule is CCCOc1cc(-c2nc3c(s2)CCCO3)ccc1OCCCOc1ccc2c(c1)CC[C@H]2CC(=O)OCCOCCOCCOCCN=[N+]=[N-]. The summed E-state index contributed by atoms with van der Waals surface area (Å²) in [5.74, 6) is 2.94. The monoisotopic (exact) mass is 724 g/mol. The molecule has 3 aromatic rings. The molecule has 0 fully saturated rings. The van der Waals surface area contributed by atoms with Crippen LogP contribution in [0.4, 0.5) is 0 Å². The average molecular weight is 725 g/mol. The zero-order valence-electron chi connectivity index (χ0n) is 29.3. The molecule has 13 nitrogen and oxygen atoms in total. The fourth-order valence-electron chi connectivity index (χ4n) is 5.80. The first-order valence-corrected chi connectivity index (χ1v) is 18.6. The van der Waals surface area contributed by atoms with E-state index < -0.39 is 0 Å². The first-order valence-electron chi connectivity index (χ1n) is 17.8. The van der Waals surface area contributed by atoms with E-state index in [1.54, 1.807) is 11.3 Å². The number of rotatable bonds is 24. The Morgan fingerprint density at radius 3 is 2.51 bits per heavy atom. The lowest BCUT2D eigenvalue weighted by Crippen LogP contribution is -2.15. The van der Waals surface area contributed by atoms with Crippen LogP contribution < -0.4 is 18.9 Å². The van der Waals surface area contributed by atoms with Crippen molar-refractivity contribution in [2.45, 2.75) is 57.8 Å². The molecule has 1 aliphatic heterocycles. The third kappa shape index (κ3) is 12.3. The van der Waals surface area contributed by atoms with Crippen LogP contribution in [0.3, 0.4) is 0 Å². The number of esters is 1. The second-order valence-corrected chi connectivity index (χ2v) is 13.2. The summed E-state index contributed by atoms with van der Waals surface area (Å²) in [6.07, 6.45) is 5.81. The molecule has 2 aromatic carbocycles. The van der Waals surface area contributed by atoms with E-state index in [-0.39, 0.29) is 18.5 Å². The first kappa shape index (κ1) is 38.2. The summed E-state index contributed by atoms with van der Waals surface area (Å²) in [6, 6.07) is 12.1. The van der Waals surface area contributed by atoms with E-state index in [0.29, 0.717) is 84.6 Å². The number of nitrogens with zero attached hydrogens (tertiary/aromatic N) is 4. The maximum Gasteiger partial charge on any atom is 0.306 e. The minimum Gasteiger partial charge on any atom is -0.493 e. The molecular formula is C37H48N4O9S. The highest BCUT2D eigenvalue weighted by molar-refractivity contribution is 7.15. The van der Waals surface area contributed by atoms with Gasteiger partial charge in [0.15, 0.2) is 11.5 Å². The van der Waals surface area contributed by atoms with Gasteiger partial charge in [0.05, 0.1) is 77.4 Å². The predicted molar refractivity (Wildman–Crippen MR) is 192 cm³/mol. The van der Waals surface area contributed by atoms with E-state index >= 15 is 0 Å². The van der Waals surface area contributed by atoms with Crippen LogP contribution >= 0.6 is 11.3 Å². The minimum absolute atomic E-state index is 0.142. The fourth-order valence-corrected chi connectivity index (χ4v) is 6.85. The predicted octanol–water partition coefficient (Wildman–Crippen LogP) is 7.10. The molecule has 0 amide bonds. The smallest absolute Gasteiger partial charge is 0.306 e. The molecule has 0 unspecified atom stereocenters. The molecule has 5 rings (SSSR count). The van der Waals surface area contributed by atoms with Crippen molar-refractivity contribution in [1.29, 1.82) is 0 Å². The Balaban J connectivity index is 0.961. The lowest BCUT2D eigenvalue weighted by Gasteiger charge is -2.14. The largest absolute Gasteiger partial charge is 0.493 e. The quantitative estimate of drug-likeness (QED) is 0.0308. The van der Waals surface area contributed by atoms with Gasteiger partial charge in [0.2, 0.25) is 5.88 Å². The lowest BCUT2D eigenvalue weighted by molar-refractivity contribution is -0.145. The van der Waals surface area contributed by atoms with Gasteiger partial charge in [-0.1, -0.05) is 18.1 Å². The van der Waals surface area contributed by atoms with Gasteiger partial charge >= 0.3 is 5.97 Å².